The highest BCUT2D eigenvalue weighted by Gasteiger charge is 2.04. The van der Waals surface area contributed by atoms with E-state index in [1.54, 1.807) is 6.08 Å². The molecule has 92 valence electrons. The summed E-state index contributed by atoms with van der Waals surface area (Å²) >= 11 is 0. The van der Waals surface area contributed by atoms with Gasteiger partial charge in [0.15, 0.2) is 0 Å². The monoisotopic (exact) mass is 248 g/mol. The van der Waals surface area contributed by atoms with Crippen LogP contribution in [0.3, 0.4) is 0 Å². The Labute approximate surface area is 110 Å². The van der Waals surface area contributed by atoms with E-state index in [9.17, 15) is 4.79 Å². The van der Waals surface area contributed by atoms with Crippen molar-refractivity contribution < 1.29 is 9.90 Å². The number of fused-ring (bicyclic) bond motifs is 3. The minimum absolute atomic E-state index is 0.928. The van der Waals surface area contributed by atoms with Crippen molar-refractivity contribution in [2.75, 3.05) is 0 Å². The molecule has 0 unspecified atom stereocenters. The molecule has 2 heteroatoms. The fourth-order valence-corrected chi connectivity index (χ4v) is 2.38. The van der Waals surface area contributed by atoms with Crippen molar-refractivity contribution in [2.45, 2.75) is 0 Å². The molecule has 0 aliphatic carbocycles. The minimum Gasteiger partial charge on any atom is -0.478 e. The van der Waals surface area contributed by atoms with E-state index in [0.717, 1.165) is 21.7 Å². The van der Waals surface area contributed by atoms with Crippen molar-refractivity contribution >= 4 is 33.6 Å². The standard InChI is InChI=1S/C17H12O2/c18-17(19)10-9-13-11-12-5-1-2-6-14(12)16-8-4-3-7-15(13)16/h1-11H,(H,18,19)/b10-9+. The maximum Gasteiger partial charge on any atom is 0.328 e. The molecule has 0 spiro atoms. The summed E-state index contributed by atoms with van der Waals surface area (Å²) in [7, 11) is 0. The van der Waals surface area contributed by atoms with E-state index in [2.05, 4.69) is 12.1 Å². The van der Waals surface area contributed by atoms with Gasteiger partial charge < -0.3 is 5.11 Å². The van der Waals surface area contributed by atoms with E-state index in [4.69, 9.17) is 5.11 Å². The van der Waals surface area contributed by atoms with Crippen LogP contribution in [0.25, 0.3) is 27.6 Å². The van der Waals surface area contributed by atoms with Crippen LogP contribution in [0.2, 0.25) is 0 Å². The Kier molecular flexibility index (Phi) is 2.76. The zero-order valence-corrected chi connectivity index (χ0v) is 10.2. The highest BCUT2D eigenvalue weighted by Crippen LogP contribution is 2.29. The highest BCUT2D eigenvalue weighted by atomic mass is 16.4. The lowest BCUT2D eigenvalue weighted by atomic mass is 9.97. The lowest BCUT2D eigenvalue weighted by molar-refractivity contribution is -0.131. The number of aliphatic carboxylic acids is 1. The van der Waals surface area contributed by atoms with Crippen LogP contribution in [0, 0.1) is 0 Å². The fraction of sp³-hybridized carbons (Fsp3) is 0. The van der Waals surface area contributed by atoms with Gasteiger partial charge in [0.05, 0.1) is 0 Å². The molecule has 0 aliphatic rings. The van der Waals surface area contributed by atoms with Crippen LogP contribution in [-0.2, 0) is 4.79 Å². The molecule has 0 amide bonds. The van der Waals surface area contributed by atoms with E-state index in [1.165, 1.54) is 11.5 Å². The van der Waals surface area contributed by atoms with Gasteiger partial charge >= 0.3 is 5.97 Å². The smallest absolute Gasteiger partial charge is 0.328 e. The average Bonchev–Trinajstić information content (AvgIpc) is 2.44. The van der Waals surface area contributed by atoms with Gasteiger partial charge in [-0.3, -0.25) is 0 Å². The molecule has 0 aromatic heterocycles. The maximum absolute atomic E-state index is 10.7. The largest absolute Gasteiger partial charge is 0.478 e. The Bertz CT molecular complexity index is 801. The van der Waals surface area contributed by atoms with Crippen LogP contribution in [0.5, 0.6) is 0 Å². The first kappa shape index (κ1) is 11.5. The van der Waals surface area contributed by atoms with Crippen molar-refractivity contribution in [2.24, 2.45) is 0 Å². The first-order chi connectivity index (χ1) is 9.25. The van der Waals surface area contributed by atoms with Crippen molar-refractivity contribution in [3.63, 3.8) is 0 Å². The summed E-state index contributed by atoms with van der Waals surface area (Å²) in [5.41, 5.74) is 0.928. The van der Waals surface area contributed by atoms with Crippen LogP contribution in [0.15, 0.2) is 60.7 Å². The summed E-state index contributed by atoms with van der Waals surface area (Å²) in [6.45, 7) is 0. The Morgan fingerprint density at radius 1 is 0.895 bits per heavy atom. The number of hydrogen-bond donors (Lipinski definition) is 1. The second-order valence-electron chi connectivity index (χ2n) is 4.40. The third kappa shape index (κ3) is 2.08. The van der Waals surface area contributed by atoms with E-state index < -0.39 is 5.97 Å². The van der Waals surface area contributed by atoms with Gasteiger partial charge in [0.25, 0.3) is 0 Å². The second kappa shape index (κ2) is 4.58. The lowest BCUT2D eigenvalue weighted by Crippen LogP contribution is -1.87. The molecule has 0 aliphatic heterocycles. The van der Waals surface area contributed by atoms with Crippen molar-refractivity contribution in [1.82, 2.24) is 0 Å². The normalized spacial score (nSPS) is 11.4. The first-order valence-corrected chi connectivity index (χ1v) is 6.07. The number of carboxylic acid groups (broad SMARTS) is 1. The molecule has 0 bridgehead atoms. The summed E-state index contributed by atoms with van der Waals surface area (Å²) in [6, 6.07) is 18.2. The van der Waals surface area contributed by atoms with Crippen molar-refractivity contribution in [1.29, 1.82) is 0 Å². The topological polar surface area (TPSA) is 37.3 Å². The van der Waals surface area contributed by atoms with Gasteiger partial charge in [-0.1, -0.05) is 48.5 Å². The Morgan fingerprint density at radius 2 is 1.53 bits per heavy atom. The zero-order valence-electron chi connectivity index (χ0n) is 10.2. The molecule has 0 fully saturated rings. The number of rotatable bonds is 2. The summed E-state index contributed by atoms with van der Waals surface area (Å²) < 4.78 is 0. The SMILES string of the molecule is O=C(O)/C=C/c1cc2ccccc2c2ccccc12. The maximum atomic E-state index is 10.7. The quantitative estimate of drug-likeness (QED) is 0.548. The summed E-state index contributed by atoms with van der Waals surface area (Å²) in [6.07, 6.45) is 2.83. The summed E-state index contributed by atoms with van der Waals surface area (Å²) in [5.74, 6) is -0.933. The van der Waals surface area contributed by atoms with Gasteiger partial charge in [-0.15, -0.1) is 0 Å². The van der Waals surface area contributed by atoms with Gasteiger partial charge in [-0.2, -0.15) is 0 Å². The first-order valence-electron chi connectivity index (χ1n) is 6.07. The molecule has 2 nitrogen and oxygen atoms in total. The number of carbonyl (C=O) groups is 1. The molecule has 0 atom stereocenters. The van der Waals surface area contributed by atoms with Crippen molar-refractivity contribution in [3.8, 4) is 0 Å². The molecule has 3 rings (SSSR count). The third-order valence-electron chi connectivity index (χ3n) is 3.21. The number of benzene rings is 3. The molecular weight excluding hydrogens is 236 g/mol. The molecule has 0 radical (unpaired) electrons. The molecule has 19 heavy (non-hydrogen) atoms. The molecular formula is C17H12O2. The average molecular weight is 248 g/mol. The molecule has 0 saturated carbocycles. The van der Waals surface area contributed by atoms with Gasteiger partial charge in [0.1, 0.15) is 0 Å². The molecule has 0 heterocycles. The van der Waals surface area contributed by atoms with Crippen molar-refractivity contribution in [3.05, 3.63) is 66.2 Å². The predicted octanol–water partition coefficient (Wildman–Crippen LogP) is 4.09. The summed E-state index contributed by atoms with van der Waals surface area (Å²) in [5, 5.41) is 13.3. The van der Waals surface area contributed by atoms with Gasteiger partial charge in [0.2, 0.25) is 0 Å². The number of hydrogen-bond acceptors (Lipinski definition) is 1. The Hall–Kier alpha value is -2.61. The number of carboxylic acids is 1. The fourth-order valence-electron chi connectivity index (χ4n) is 2.38. The predicted molar refractivity (Wildman–Crippen MR) is 78.1 cm³/mol. The molecule has 1 N–H and O–H groups in total. The Balaban J connectivity index is 2.39. The zero-order chi connectivity index (χ0) is 13.2. The van der Waals surface area contributed by atoms with E-state index in [1.807, 2.05) is 42.5 Å². The third-order valence-corrected chi connectivity index (χ3v) is 3.21. The highest BCUT2D eigenvalue weighted by molar-refractivity contribution is 6.11. The van der Waals surface area contributed by atoms with Crippen LogP contribution in [-0.4, -0.2) is 11.1 Å². The lowest BCUT2D eigenvalue weighted by Gasteiger charge is -2.07. The van der Waals surface area contributed by atoms with Gasteiger partial charge in [-0.05, 0) is 39.3 Å². The van der Waals surface area contributed by atoms with Crippen LogP contribution in [0.1, 0.15) is 5.56 Å². The van der Waals surface area contributed by atoms with Gasteiger partial charge in [-0.25, -0.2) is 4.79 Å². The summed E-state index contributed by atoms with van der Waals surface area (Å²) in [4.78, 5) is 10.7. The van der Waals surface area contributed by atoms with Crippen LogP contribution in [0.4, 0.5) is 0 Å². The second-order valence-corrected chi connectivity index (χ2v) is 4.40. The van der Waals surface area contributed by atoms with Crippen LogP contribution < -0.4 is 0 Å². The van der Waals surface area contributed by atoms with Gasteiger partial charge in [0, 0.05) is 6.08 Å². The Morgan fingerprint density at radius 3 is 2.26 bits per heavy atom. The molecule has 3 aromatic rings. The van der Waals surface area contributed by atoms with E-state index in [-0.39, 0.29) is 0 Å². The van der Waals surface area contributed by atoms with E-state index in [0.29, 0.717) is 0 Å². The van der Waals surface area contributed by atoms with Crippen LogP contribution >= 0.6 is 0 Å². The molecule has 3 aromatic carbocycles. The molecule has 0 saturated heterocycles. The minimum atomic E-state index is -0.933. The van der Waals surface area contributed by atoms with E-state index >= 15 is 0 Å².